The van der Waals surface area contributed by atoms with Crippen LogP contribution in [0.1, 0.15) is 39.2 Å². The van der Waals surface area contributed by atoms with E-state index in [1.165, 1.54) is 0 Å². The Kier molecular flexibility index (Phi) is 5.37. The first kappa shape index (κ1) is 17.9. The fourth-order valence-corrected chi connectivity index (χ4v) is 3.79. The average Bonchev–Trinajstić information content (AvgIpc) is 2.62. The Bertz CT molecular complexity index is 621. The molecule has 1 aromatic heterocycles. The molecule has 2 amide bonds. The molecule has 3 atom stereocenters. The number of carbonyl (C=O) groups is 2. The summed E-state index contributed by atoms with van der Waals surface area (Å²) in [5.41, 5.74) is 1.13. The minimum atomic E-state index is -0.382. The molecule has 0 saturated carbocycles. The van der Waals surface area contributed by atoms with Crippen LogP contribution in [0.5, 0.6) is 0 Å². The lowest BCUT2D eigenvalue weighted by Gasteiger charge is -2.52. The first-order valence-electron chi connectivity index (χ1n) is 9.24. The summed E-state index contributed by atoms with van der Waals surface area (Å²) >= 11 is 0. The number of aromatic nitrogens is 1. The smallest absolute Gasteiger partial charge is 0.245 e. The molecule has 2 fully saturated rings. The molecule has 3 rings (SSSR count). The maximum Gasteiger partial charge on any atom is 0.245 e. The van der Waals surface area contributed by atoms with Crippen LogP contribution in [0.25, 0.3) is 0 Å². The van der Waals surface area contributed by atoms with E-state index in [4.69, 9.17) is 0 Å². The van der Waals surface area contributed by atoms with Crippen LogP contribution < -0.4 is 0 Å². The Morgan fingerprint density at radius 3 is 2.84 bits per heavy atom. The third-order valence-corrected chi connectivity index (χ3v) is 5.45. The van der Waals surface area contributed by atoms with E-state index in [0.717, 1.165) is 31.6 Å². The SMILES string of the molecule is CCC(C)CN1CC2N(Cc3cccnc3)CCC(=O)N2C(C)C1=O. The van der Waals surface area contributed by atoms with Gasteiger partial charge in [0.2, 0.25) is 11.8 Å². The Balaban J connectivity index is 1.80. The summed E-state index contributed by atoms with van der Waals surface area (Å²) in [5.74, 6) is 0.637. The summed E-state index contributed by atoms with van der Waals surface area (Å²) in [5, 5.41) is 0. The molecule has 136 valence electrons. The molecule has 0 N–H and O–H groups in total. The molecule has 2 aliphatic heterocycles. The van der Waals surface area contributed by atoms with E-state index in [0.29, 0.717) is 18.9 Å². The zero-order chi connectivity index (χ0) is 18.0. The van der Waals surface area contributed by atoms with Crippen LogP contribution in [-0.2, 0) is 16.1 Å². The third kappa shape index (κ3) is 3.68. The molecule has 25 heavy (non-hydrogen) atoms. The third-order valence-electron chi connectivity index (χ3n) is 5.45. The van der Waals surface area contributed by atoms with E-state index in [1.807, 2.05) is 24.1 Å². The zero-order valence-corrected chi connectivity index (χ0v) is 15.4. The van der Waals surface area contributed by atoms with Crippen molar-refractivity contribution >= 4 is 11.8 Å². The number of hydrogen-bond donors (Lipinski definition) is 0. The molecule has 0 aliphatic carbocycles. The van der Waals surface area contributed by atoms with Gasteiger partial charge in [0.15, 0.2) is 0 Å². The maximum atomic E-state index is 12.7. The first-order valence-corrected chi connectivity index (χ1v) is 9.24. The summed E-state index contributed by atoms with van der Waals surface area (Å²) in [6, 6.07) is 3.61. The molecule has 0 aromatic carbocycles. The van der Waals surface area contributed by atoms with E-state index in [2.05, 4.69) is 29.8 Å². The predicted molar refractivity (Wildman–Crippen MR) is 95.4 cm³/mol. The molecule has 0 radical (unpaired) electrons. The predicted octanol–water partition coefficient (Wildman–Crippen LogP) is 1.72. The average molecular weight is 344 g/mol. The van der Waals surface area contributed by atoms with Crippen molar-refractivity contribution in [3.05, 3.63) is 30.1 Å². The van der Waals surface area contributed by atoms with Gasteiger partial charge in [0.25, 0.3) is 0 Å². The van der Waals surface area contributed by atoms with Gasteiger partial charge in [0.05, 0.1) is 6.54 Å². The van der Waals surface area contributed by atoms with Crippen molar-refractivity contribution in [2.75, 3.05) is 19.6 Å². The lowest BCUT2D eigenvalue weighted by atomic mass is 10.0. The second-order valence-corrected chi connectivity index (χ2v) is 7.30. The lowest BCUT2D eigenvalue weighted by Crippen LogP contribution is -2.69. The fraction of sp³-hybridized carbons (Fsp3) is 0.632. The first-order chi connectivity index (χ1) is 12.0. The minimum Gasteiger partial charge on any atom is -0.337 e. The van der Waals surface area contributed by atoms with Gasteiger partial charge in [0.1, 0.15) is 12.2 Å². The van der Waals surface area contributed by atoms with Crippen LogP contribution in [0.15, 0.2) is 24.5 Å². The van der Waals surface area contributed by atoms with Gasteiger partial charge in [-0.25, -0.2) is 0 Å². The van der Waals surface area contributed by atoms with Crippen molar-refractivity contribution in [2.24, 2.45) is 5.92 Å². The standard InChI is InChI=1S/C19H28N4O2/c1-4-14(2)11-22-13-17-21(12-16-6-5-8-20-10-16)9-7-18(24)23(17)15(3)19(22)25/h5-6,8,10,14-15,17H,4,7,9,11-13H2,1-3H3. The van der Waals surface area contributed by atoms with E-state index in [1.54, 1.807) is 11.1 Å². The number of fused-ring (bicyclic) bond motifs is 1. The van der Waals surface area contributed by atoms with Gasteiger partial charge in [-0.3, -0.25) is 19.5 Å². The van der Waals surface area contributed by atoms with Crippen molar-refractivity contribution in [2.45, 2.75) is 52.4 Å². The highest BCUT2D eigenvalue weighted by Gasteiger charge is 2.45. The fourth-order valence-electron chi connectivity index (χ4n) is 3.79. The van der Waals surface area contributed by atoms with E-state index in [-0.39, 0.29) is 24.0 Å². The molecule has 6 heteroatoms. The van der Waals surface area contributed by atoms with Crippen LogP contribution in [0.2, 0.25) is 0 Å². The van der Waals surface area contributed by atoms with E-state index in [9.17, 15) is 9.59 Å². The Morgan fingerprint density at radius 1 is 1.36 bits per heavy atom. The van der Waals surface area contributed by atoms with Gasteiger partial charge in [-0.1, -0.05) is 26.3 Å². The van der Waals surface area contributed by atoms with E-state index < -0.39 is 0 Å². The van der Waals surface area contributed by atoms with Crippen molar-refractivity contribution in [1.82, 2.24) is 19.7 Å². The number of pyridine rings is 1. The molecule has 1 aromatic rings. The largest absolute Gasteiger partial charge is 0.337 e. The molecular formula is C19H28N4O2. The molecule has 3 unspecified atom stereocenters. The van der Waals surface area contributed by atoms with Crippen LogP contribution in [-0.4, -0.2) is 63.3 Å². The van der Waals surface area contributed by atoms with Gasteiger partial charge in [0, 0.05) is 38.4 Å². The van der Waals surface area contributed by atoms with E-state index >= 15 is 0 Å². The number of rotatable bonds is 5. The van der Waals surface area contributed by atoms with Crippen molar-refractivity contribution in [1.29, 1.82) is 0 Å². The molecule has 0 bridgehead atoms. The highest BCUT2D eigenvalue weighted by atomic mass is 16.2. The van der Waals surface area contributed by atoms with Gasteiger partial charge >= 0.3 is 0 Å². The molecule has 2 saturated heterocycles. The van der Waals surface area contributed by atoms with Crippen molar-refractivity contribution < 1.29 is 9.59 Å². The summed E-state index contributed by atoms with van der Waals surface area (Å²) < 4.78 is 0. The van der Waals surface area contributed by atoms with Crippen LogP contribution in [0.4, 0.5) is 0 Å². The summed E-state index contributed by atoms with van der Waals surface area (Å²) in [7, 11) is 0. The second kappa shape index (κ2) is 7.52. The van der Waals surface area contributed by atoms with Gasteiger partial charge in [-0.15, -0.1) is 0 Å². The number of carbonyl (C=O) groups excluding carboxylic acids is 2. The van der Waals surface area contributed by atoms with Crippen LogP contribution >= 0.6 is 0 Å². The topological polar surface area (TPSA) is 56.8 Å². The Hall–Kier alpha value is -1.95. The normalized spacial score (nSPS) is 25.9. The summed E-state index contributed by atoms with van der Waals surface area (Å²) in [6.07, 6.45) is 5.11. The molecule has 2 aliphatic rings. The van der Waals surface area contributed by atoms with Crippen molar-refractivity contribution in [3.8, 4) is 0 Å². The highest BCUT2D eigenvalue weighted by Crippen LogP contribution is 2.27. The molecular weight excluding hydrogens is 316 g/mol. The minimum absolute atomic E-state index is 0.0433. The second-order valence-electron chi connectivity index (χ2n) is 7.30. The summed E-state index contributed by atoms with van der Waals surface area (Å²) in [6.45, 7) is 9.02. The highest BCUT2D eigenvalue weighted by molar-refractivity contribution is 5.89. The van der Waals surface area contributed by atoms with Crippen LogP contribution in [0, 0.1) is 5.92 Å². The number of hydrogen-bond acceptors (Lipinski definition) is 4. The van der Waals surface area contributed by atoms with Gasteiger partial charge in [-0.05, 0) is 24.5 Å². The summed E-state index contributed by atoms with van der Waals surface area (Å²) in [4.78, 5) is 35.5. The number of piperazine rings is 1. The van der Waals surface area contributed by atoms with Crippen LogP contribution in [0.3, 0.4) is 0 Å². The lowest BCUT2D eigenvalue weighted by molar-refractivity contribution is -0.169. The quantitative estimate of drug-likeness (QED) is 0.816. The Labute approximate surface area is 149 Å². The maximum absolute atomic E-state index is 12.7. The molecule has 3 heterocycles. The number of nitrogens with zero attached hydrogens (tertiary/aromatic N) is 4. The molecule has 6 nitrogen and oxygen atoms in total. The van der Waals surface area contributed by atoms with Gasteiger partial charge in [-0.2, -0.15) is 0 Å². The number of amides is 2. The van der Waals surface area contributed by atoms with Gasteiger partial charge < -0.3 is 9.80 Å². The zero-order valence-electron chi connectivity index (χ0n) is 15.4. The molecule has 0 spiro atoms. The van der Waals surface area contributed by atoms with Crippen molar-refractivity contribution in [3.63, 3.8) is 0 Å². The monoisotopic (exact) mass is 344 g/mol. The Morgan fingerprint density at radius 2 is 2.16 bits per heavy atom.